The molecule has 0 saturated carbocycles. The molecule has 3 N–H and O–H groups in total. The Hall–Kier alpha value is -0.820. The summed E-state index contributed by atoms with van der Waals surface area (Å²) in [5.41, 5.74) is 4.36. The van der Waals surface area contributed by atoms with Crippen LogP contribution < -0.4 is 6.15 Å². The number of hydrogen-bond acceptors (Lipinski definition) is 1. The van der Waals surface area contributed by atoms with E-state index in [4.69, 9.17) is 0 Å². The zero-order chi connectivity index (χ0) is 4.85. The van der Waals surface area contributed by atoms with Crippen LogP contribution in [0.2, 0.25) is 0 Å². The highest BCUT2D eigenvalue weighted by Crippen LogP contribution is 2.35. The van der Waals surface area contributed by atoms with Gasteiger partial charge in [-0.2, -0.15) is 0 Å². The van der Waals surface area contributed by atoms with Gasteiger partial charge in [-0.1, -0.05) is 18.2 Å². The molecule has 0 spiro atoms. The van der Waals surface area contributed by atoms with Crippen LogP contribution in [0, 0.1) is 6.92 Å². The molecule has 0 aromatic rings. The zero-order valence-corrected chi connectivity index (χ0v) is 4.94. The van der Waals surface area contributed by atoms with E-state index in [2.05, 4.69) is 25.1 Å². The van der Waals surface area contributed by atoms with Crippen LogP contribution in [0.4, 0.5) is 0 Å². The minimum Gasteiger partial charge on any atom is -0.344 e. The number of aryl methyl sites for hydroxylation is 1. The van der Waals surface area contributed by atoms with E-state index in [1.165, 1.54) is 16.7 Å². The quantitative estimate of drug-likeness (QED) is 0.550. The Balaban J connectivity index is 0.000000320. The number of fused-ring (bicyclic) bond motifs is 1. The summed E-state index contributed by atoms with van der Waals surface area (Å²) in [6.45, 7) is 2.14. The Kier molecular flexibility index (Phi) is 0.882. The molecule has 8 heavy (non-hydrogen) atoms. The molecule has 0 unspecified atom stereocenters. The van der Waals surface area contributed by atoms with E-state index < -0.39 is 0 Å². The Morgan fingerprint density at radius 3 is 2.00 bits per heavy atom. The van der Waals surface area contributed by atoms with Crippen molar-refractivity contribution in [2.24, 2.45) is 0 Å². The van der Waals surface area contributed by atoms with Crippen molar-refractivity contribution >= 4 is 0 Å². The van der Waals surface area contributed by atoms with Crippen molar-refractivity contribution in [2.75, 3.05) is 0 Å². The summed E-state index contributed by atoms with van der Waals surface area (Å²) in [6, 6.07) is 6.50. The standard InChI is InChI=1S/C7H6.H3N/c1-5-4-6-2-3-7(5)6;/h2-4H,1H3;1H3. The lowest BCUT2D eigenvalue weighted by Crippen LogP contribution is -1.93. The molecule has 1 heteroatoms. The van der Waals surface area contributed by atoms with Crippen LogP contribution in [0.3, 0.4) is 0 Å². The Bertz CT molecular complexity index is 216. The van der Waals surface area contributed by atoms with Gasteiger partial charge in [0, 0.05) is 0 Å². The molecule has 2 rings (SSSR count). The van der Waals surface area contributed by atoms with Gasteiger partial charge in [-0.25, -0.2) is 0 Å². The van der Waals surface area contributed by atoms with E-state index in [0.717, 1.165) is 0 Å². The highest BCUT2D eigenvalue weighted by molar-refractivity contribution is 5.80. The van der Waals surface area contributed by atoms with Crippen molar-refractivity contribution in [1.82, 2.24) is 6.15 Å². The van der Waals surface area contributed by atoms with Crippen molar-refractivity contribution in [1.29, 1.82) is 0 Å². The molecule has 42 valence electrons. The van der Waals surface area contributed by atoms with Crippen molar-refractivity contribution in [2.45, 2.75) is 6.92 Å². The van der Waals surface area contributed by atoms with E-state index in [9.17, 15) is 0 Å². The Morgan fingerprint density at radius 2 is 2.00 bits per heavy atom. The van der Waals surface area contributed by atoms with Gasteiger partial charge in [0.1, 0.15) is 0 Å². The average molecular weight is 107 g/mol. The maximum atomic E-state index is 2.20. The topological polar surface area (TPSA) is 35.0 Å². The van der Waals surface area contributed by atoms with Gasteiger partial charge in [0.15, 0.2) is 0 Å². The monoisotopic (exact) mass is 107 g/mol. The predicted octanol–water partition coefficient (Wildman–Crippen LogP) is 2.14. The first kappa shape index (κ1) is 5.32. The molecule has 0 radical (unpaired) electrons. The Morgan fingerprint density at radius 1 is 1.25 bits per heavy atom. The molecular formula is C7H9N. The van der Waals surface area contributed by atoms with Crippen LogP contribution in [0.15, 0.2) is 18.2 Å². The highest BCUT2D eigenvalue weighted by atomic mass is 14.1. The summed E-state index contributed by atoms with van der Waals surface area (Å²) in [6.07, 6.45) is 0. The third-order valence-corrected chi connectivity index (χ3v) is 1.54. The molecule has 1 nitrogen and oxygen atoms in total. The van der Waals surface area contributed by atoms with E-state index in [0.29, 0.717) is 0 Å². The molecule has 0 bridgehead atoms. The lowest BCUT2D eigenvalue weighted by Gasteiger charge is -2.17. The minimum absolute atomic E-state index is 0. The molecule has 0 aliphatic heterocycles. The smallest absolute Gasteiger partial charge is 0.0154 e. The van der Waals surface area contributed by atoms with E-state index >= 15 is 0 Å². The van der Waals surface area contributed by atoms with Gasteiger partial charge in [0.25, 0.3) is 0 Å². The van der Waals surface area contributed by atoms with Crippen molar-refractivity contribution in [3.8, 4) is 11.1 Å². The number of hydrogen-bond donors (Lipinski definition) is 1. The van der Waals surface area contributed by atoms with Gasteiger partial charge in [0.2, 0.25) is 0 Å². The molecule has 2 aliphatic rings. The van der Waals surface area contributed by atoms with Crippen LogP contribution in [0.1, 0.15) is 5.56 Å². The second-order valence-corrected chi connectivity index (χ2v) is 2.03. The van der Waals surface area contributed by atoms with E-state index in [-0.39, 0.29) is 6.15 Å². The van der Waals surface area contributed by atoms with E-state index in [1.54, 1.807) is 0 Å². The van der Waals surface area contributed by atoms with Crippen LogP contribution >= 0.6 is 0 Å². The van der Waals surface area contributed by atoms with Crippen LogP contribution in [-0.2, 0) is 0 Å². The molecule has 0 aromatic heterocycles. The zero-order valence-electron chi connectivity index (χ0n) is 4.94. The molecule has 0 saturated heterocycles. The first-order valence-corrected chi connectivity index (χ1v) is 2.49. The minimum atomic E-state index is 0. The molecular weight excluding hydrogens is 98.1 g/mol. The third kappa shape index (κ3) is 0.346. The lowest BCUT2D eigenvalue weighted by atomic mass is 9.88. The van der Waals surface area contributed by atoms with Crippen molar-refractivity contribution in [3.05, 3.63) is 23.8 Å². The van der Waals surface area contributed by atoms with Crippen molar-refractivity contribution in [3.63, 3.8) is 0 Å². The van der Waals surface area contributed by atoms with Gasteiger partial charge in [-0.05, 0) is 23.6 Å². The van der Waals surface area contributed by atoms with Gasteiger partial charge in [-0.15, -0.1) is 0 Å². The highest BCUT2D eigenvalue weighted by Gasteiger charge is 2.10. The summed E-state index contributed by atoms with van der Waals surface area (Å²) in [4.78, 5) is 0. The summed E-state index contributed by atoms with van der Waals surface area (Å²) in [5, 5.41) is 0. The largest absolute Gasteiger partial charge is 0.344 e. The normalized spacial score (nSPS) is 10.1. The predicted molar refractivity (Wildman–Crippen MR) is 35.2 cm³/mol. The molecule has 0 heterocycles. The molecule has 0 fully saturated rings. The summed E-state index contributed by atoms with van der Waals surface area (Å²) in [7, 11) is 0. The van der Waals surface area contributed by atoms with Crippen LogP contribution in [0.25, 0.3) is 11.1 Å². The molecule has 0 atom stereocenters. The summed E-state index contributed by atoms with van der Waals surface area (Å²) < 4.78 is 0. The molecule has 2 aliphatic carbocycles. The fourth-order valence-electron chi connectivity index (χ4n) is 0.981. The maximum absolute atomic E-state index is 2.20. The second-order valence-electron chi connectivity index (χ2n) is 2.03. The molecule has 0 aromatic carbocycles. The fourth-order valence-corrected chi connectivity index (χ4v) is 0.981. The van der Waals surface area contributed by atoms with Crippen LogP contribution in [0.5, 0.6) is 0 Å². The second kappa shape index (κ2) is 1.33. The average Bonchev–Trinajstić information content (AvgIpc) is 1.59. The van der Waals surface area contributed by atoms with Gasteiger partial charge >= 0.3 is 0 Å². The van der Waals surface area contributed by atoms with Crippen molar-refractivity contribution < 1.29 is 0 Å². The fraction of sp³-hybridized carbons (Fsp3) is 0.143. The van der Waals surface area contributed by atoms with E-state index in [1.807, 2.05) is 0 Å². The van der Waals surface area contributed by atoms with Gasteiger partial charge < -0.3 is 6.15 Å². The van der Waals surface area contributed by atoms with Gasteiger partial charge in [-0.3, -0.25) is 0 Å². The third-order valence-electron chi connectivity index (χ3n) is 1.54. The van der Waals surface area contributed by atoms with Crippen LogP contribution in [-0.4, -0.2) is 0 Å². The summed E-state index contributed by atoms with van der Waals surface area (Å²) >= 11 is 0. The lowest BCUT2D eigenvalue weighted by molar-refractivity contribution is 1.38. The number of benzene rings is 1. The summed E-state index contributed by atoms with van der Waals surface area (Å²) in [5.74, 6) is 0. The maximum Gasteiger partial charge on any atom is -0.0154 e. The van der Waals surface area contributed by atoms with Gasteiger partial charge in [0.05, 0.1) is 0 Å². The first-order chi connectivity index (χ1) is 3.38. The number of rotatable bonds is 0. The molecule has 0 amide bonds. The Labute approximate surface area is 48.9 Å². The SMILES string of the molecule is Cc1cc2ccc1-2.N. The first-order valence-electron chi connectivity index (χ1n) is 2.49.